The standard InChI is InChI=1S/C26H17F5/c1-2-3-4-15-11-23(29)25(24(30)12-15)18-6-8-19(22(28)14-18)16-5-9-20-17(13-16)7-10-21(27)26(20)31/h2,5-14H,1,3-4H2. The zero-order valence-electron chi connectivity index (χ0n) is 16.4. The third kappa shape index (κ3) is 3.96. The monoisotopic (exact) mass is 424 g/mol. The summed E-state index contributed by atoms with van der Waals surface area (Å²) in [6, 6.07) is 13.2. The average molecular weight is 424 g/mol. The Morgan fingerprint density at radius 3 is 2.06 bits per heavy atom. The summed E-state index contributed by atoms with van der Waals surface area (Å²) in [7, 11) is 0. The summed E-state index contributed by atoms with van der Waals surface area (Å²) >= 11 is 0. The summed E-state index contributed by atoms with van der Waals surface area (Å²) in [6.07, 6.45) is 2.71. The fourth-order valence-corrected chi connectivity index (χ4v) is 3.65. The SMILES string of the molecule is C=CCCc1cc(F)c(-c2ccc(-c3ccc4c(F)c(F)ccc4c3)c(F)c2)c(F)c1. The van der Waals surface area contributed by atoms with Gasteiger partial charge in [-0.3, -0.25) is 0 Å². The second-order valence-electron chi connectivity index (χ2n) is 7.25. The van der Waals surface area contributed by atoms with Crippen LogP contribution in [0.2, 0.25) is 0 Å². The second-order valence-corrected chi connectivity index (χ2v) is 7.25. The highest BCUT2D eigenvalue weighted by molar-refractivity contribution is 5.88. The molecule has 0 N–H and O–H groups in total. The van der Waals surface area contributed by atoms with E-state index in [-0.39, 0.29) is 22.1 Å². The van der Waals surface area contributed by atoms with E-state index >= 15 is 0 Å². The van der Waals surface area contributed by atoms with Crippen LogP contribution >= 0.6 is 0 Å². The van der Waals surface area contributed by atoms with Gasteiger partial charge in [0.05, 0.1) is 5.56 Å². The number of fused-ring (bicyclic) bond motifs is 1. The minimum Gasteiger partial charge on any atom is -0.206 e. The molecule has 0 aliphatic carbocycles. The molecule has 0 radical (unpaired) electrons. The summed E-state index contributed by atoms with van der Waals surface area (Å²) in [4.78, 5) is 0. The minimum atomic E-state index is -0.970. The number of halogens is 5. The normalized spacial score (nSPS) is 11.1. The molecule has 0 amide bonds. The van der Waals surface area contributed by atoms with Crippen LogP contribution in [0, 0.1) is 29.1 Å². The predicted octanol–water partition coefficient (Wildman–Crippen LogP) is 7.99. The van der Waals surface area contributed by atoms with E-state index in [9.17, 15) is 22.0 Å². The molecule has 0 saturated heterocycles. The van der Waals surface area contributed by atoms with Gasteiger partial charge in [-0.25, -0.2) is 22.0 Å². The topological polar surface area (TPSA) is 0 Å². The fraction of sp³-hybridized carbons (Fsp3) is 0.0769. The maximum atomic E-state index is 14.9. The second kappa shape index (κ2) is 8.34. The number of hydrogen-bond donors (Lipinski definition) is 0. The molecule has 4 aromatic carbocycles. The molecule has 4 aromatic rings. The van der Waals surface area contributed by atoms with Gasteiger partial charge in [-0.15, -0.1) is 6.58 Å². The van der Waals surface area contributed by atoms with Gasteiger partial charge in [-0.1, -0.05) is 36.4 Å². The van der Waals surface area contributed by atoms with Crippen LogP contribution in [0.1, 0.15) is 12.0 Å². The van der Waals surface area contributed by atoms with Crippen molar-refractivity contribution < 1.29 is 22.0 Å². The molecular formula is C26H17F5. The summed E-state index contributed by atoms with van der Waals surface area (Å²) in [6.45, 7) is 3.59. The number of aryl methyl sites for hydroxylation is 1. The van der Waals surface area contributed by atoms with E-state index in [4.69, 9.17) is 0 Å². The van der Waals surface area contributed by atoms with Crippen LogP contribution in [0.4, 0.5) is 22.0 Å². The molecule has 0 unspecified atom stereocenters. The lowest BCUT2D eigenvalue weighted by Crippen LogP contribution is -1.96. The first-order chi connectivity index (χ1) is 14.9. The molecule has 4 rings (SSSR count). The molecule has 0 aliphatic heterocycles. The van der Waals surface area contributed by atoms with Crippen LogP contribution in [-0.2, 0) is 6.42 Å². The fourth-order valence-electron chi connectivity index (χ4n) is 3.65. The van der Waals surface area contributed by atoms with Crippen molar-refractivity contribution in [2.24, 2.45) is 0 Å². The molecule has 0 nitrogen and oxygen atoms in total. The minimum absolute atomic E-state index is 0.0698. The van der Waals surface area contributed by atoms with E-state index in [1.807, 2.05) is 0 Å². The summed E-state index contributed by atoms with van der Waals surface area (Å²) < 4.78 is 71.3. The first-order valence-corrected chi connectivity index (χ1v) is 9.66. The molecule has 156 valence electrons. The lowest BCUT2D eigenvalue weighted by atomic mass is 9.96. The van der Waals surface area contributed by atoms with Crippen LogP contribution in [0.15, 0.2) is 73.3 Å². The van der Waals surface area contributed by atoms with E-state index in [1.54, 1.807) is 6.08 Å². The average Bonchev–Trinajstić information content (AvgIpc) is 2.74. The van der Waals surface area contributed by atoms with Crippen molar-refractivity contribution >= 4 is 10.8 Å². The van der Waals surface area contributed by atoms with E-state index in [0.29, 0.717) is 29.4 Å². The molecule has 0 heterocycles. The molecular weight excluding hydrogens is 407 g/mol. The molecule has 0 aromatic heterocycles. The molecule has 5 heteroatoms. The quantitative estimate of drug-likeness (QED) is 0.225. The first kappa shape index (κ1) is 20.8. The van der Waals surface area contributed by atoms with Crippen LogP contribution in [-0.4, -0.2) is 0 Å². The smallest absolute Gasteiger partial charge is 0.166 e. The Hall–Kier alpha value is -3.47. The van der Waals surface area contributed by atoms with Gasteiger partial charge in [0, 0.05) is 10.9 Å². The molecule has 31 heavy (non-hydrogen) atoms. The van der Waals surface area contributed by atoms with E-state index < -0.39 is 29.1 Å². The Bertz CT molecular complexity index is 1280. The van der Waals surface area contributed by atoms with Crippen molar-refractivity contribution in [3.8, 4) is 22.3 Å². The zero-order chi connectivity index (χ0) is 22.1. The van der Waals surface area contributed by atoms with Crippen LogP contribution in [0.25, 0.3) is 33.0 Å². The maximum absolute atomic E-state index is 14.9. The third-order valence-electron chi connectivity index (χ3n) is 5.21. The number of rotatable bonds is 5. The van der Waals surface area contributed by atoms with Crippen molar-refractivity contribution in [2.45, 2.75) is 12.8 Å². The lowest BCUT2D eigenvalue weighted by molar-refractivity contribution is 0.517. The van der Waals surface area contributed by atoms with Crippen molar-refractivity contribution in [2.75, 3.05) is 0 Å². The highest BCUT2D eigenvalue weighted by atomic mass is 19.2. The molecule has 0 aliphatic rings. The molecule has 0 atom stereocenters. The van der Waals surface area contributed by atoms with Gasteiger partial charge in [-0.2, -0.15) is 0 Å². The molecule has 0 spiro atoms. The Morgan fingerprint density at radius 2 is 1.39 bits per heavy atom. The van der Waals surface area contributed by atoms with Crippen molar-refractivity contribution in [1.29, 1.82) is 0 Å². The van der Waals surface area contributed by atoms with Gasteiger partial charge in [0.15, 0.2) is 11.6 Å². The van der Waals surface area contributed by atoms with Crippen molar-refractivity contribution in [1.82, 2.24) is 0 Å². The first-order valence-electron chi connectivity index (χ1n) is 9.66. The number of benzene rings is 4. The van der Waals surface area contributed by atoms with Crippen LogP contribution in [0.5, 0.6) is 0 Å². The van der Waals surface area contributed by atoms with E-state index in [1.165, 1.54) is 48.5 Å². The van der Waals surface area contributed by atoms with Gasteiger partial charge < -0.3 is 0 Å². The largest absolute Gasteiger partial charge is 0.206 e. The van der Waals surface area contributed by atoms with Gasteiger partial charge >= 0.3 is 0 Å². The van der Waals surface area contributed by atoms with Gasteiger partial charge in [-0.05, 0) is 65.3 Å². The Balaban J connectivity index is 1.73. The predicted molar refractivity (Wildman–Crippen MR) is 113 cm³/mol. The molecule has 0 saturated carbocycles. The highest BCUT2D eigenvalue weighted by Crippen LogP contribution is 2.33. The van der Waals surface area contributed by atoms with Gasteiger partial charge in [0.1, 0.15) is 17.5 Å². The van der Waals surface area contributed by atoms with Crippen LogP contribution in [0.3, 0.4) is 0 Å². The molecule has 0 fully saturated rings. The van der Waals surface area contributed by atoms with Crippen molar-refractivity contribution in [3.05, 3.63) is 108 Å². The molecule has 0 bridgehead atoms. The summed E-state index contributed by atoms with van der Waals surface area (Å²) in [5.74, 6) is -4.16. The van der Waals surface area contributed by atoms with Crippen LogP contribution < -0.4 is 0 Å². The highest BCUT2D eigenvalue weighted by Gasteiger charge is 2.16. The zero-order valence-corrected chi connectivity index (χ0v) is 16.4. The maximum Gasteiger partial charge on any atom is 0.166 e. The Labute approximate surface area is 176 Å². The third-order valence-corrected chi connectivity index (χ3v) is 5.21. The van der Waals surface area contributed by atoms with Gasteiger partial charge in [0.25, 0.3) is 0 Å². The van der Waals surface area contributed by atoms with E-state index in [0.717, 1.165) is 12.1 Å². The van der Waals surface area contributed by atoms with Crippen molar-refractivity contribution in [3.63, 3.8) is 0 Å². The summed E-state index contributed by atoms with van der Waals surface area (Å²) in [5, 5.41) is 0.494. The Morgan fingerprint density at radius 1 is 0.677 bits per heavy atom. The lowest BCUT2D eigenvalue weighted by Gasteiger charge is -2.11. The number of hydrogen-bond acceptors (Lipinski definition) is 0. The number of allylic oxidation sites excluding steroid dienone is 1. The Kier molecular flexibility index (Phi) is 5.59. The summed E-state index contributed by atoms with van der Waals surface area (Å²) in [5.41, 5.74) is 0.877. The van der Waals surface area contributed by atoms with E-state index in [2.05, 4.69) is 6.58 Å². The van der Waals surface area contributed by atoms with Gasteiger partial charge in [0.2, 0.25) is 0 Å².